The molecule has 0 spiro atoms. The van der Waals surface area contributed by atoms with Crippen LogP contribution in [0.3, 0.4) is 0 Å². The van der Waals surface area contributed by atoms with Crippen LogP contribution in [0.25, 0.3) is 0 Å². The minimum absolute atomic E-state index is 0.267. The van der Waals surface area contributed by atoms with Crippen LogP contribution >= 0.6 is 0 Å². The van der Waals surface area contributed by atoms with Crippen molar-refractivity contribution in [2.24, 2.45) is 10.7 Å². The maximum atomic E-state index is 9.92. The number of hydrogen-bond donors (Lipinski definition) is 8. The van der Waals surface area contributed by atoms with Gasteiger partial charge in [0.2, 0.25) is 5.79 Å². The van der Waals surface area contributed by atoms with Crippen molar-refractivity contribution in [3.8, 4) is 0 Å². The molecule has 22 heavy (non-hydrogen) atoms. The molecule has 0 fully saturated rings. The molecule has 2 atom stereocenters. The van der Waals surface area contributed by atoms with Crippen LogP contribution in [0.5, 0.6) is 0 Å². The molecule has 0 aromatic rings. The number of aliphatic hydroxyl groups excluding tert-OH is 6. The fourth-order valence-electron chi connectivity index (χ4n) is 2.61. The van der Waals surface area contributed by atoms with Gasteiger partial charge in [-0.2, -0.15) is 0 Å². The molecule has 0 bridgehead atoms. The highest BCUT2D eigenvalue weighted by Gasteiger charge is 2.58. The molecule has 0 aliphatic carbocycles. The number of nitrogens with two attached hydrogens (primary N) is 1. The van der Waals surface area contributed by atoms with Gasteiger partial charge >= 0.3 is 0 Å². The van der Waals surface area contributed by atoms with Crippen LogP contribution < -0.4 is 11.1 Å². The molecule has 12 nitrogen and oxygen atoms in total. The molecule has 0 saturated carbocycles. The topological polar surface area (TPSA) is 182 Å². The van der Waals surface area contributed by atoms with Gasteiger partial charge in [0, 0.05) is 0 Å². The molecule has 1 aliphatic heterocycles. The standard InChI is InChI=1S/C10H24N6O6/c1-14(5-20)10(3-18)15(6-21)8(11)13-9(2-17,12-4-19)16(10)7-22/h12,17-22H,2-7H2,1H3,(H2,11,13). The molecule has 130 valence electrons. The molecular formula is C10H24N6O6. The number of nitrogens with zero attached hydrogens (tertiary/aromatic N) is 4. The Bertz CT molecular complexity index is 400. The average Bonchev–Trinajstić information content (AvgIpc) is 2.53. The number of aliphatic imine (C=N–C) groups is 1. The van der Waals surface area contributed by atoms with Gasteiger partial charge in [-0.15, -0.1) is 0 Å². The van der Waals surface area contributed by atoms with Crippen molar-refractivity contribution in [3.05, 3.63) is 0 Å². The zero-order chi connectivity index (χ0) is 17.0. The highest BCUT2D eigenvalue weighted by atomic mass is 16.3. The quantitative estimate of drug-likeness (QED) is 0.199. The molecule has 0 aromatic heterocycles. The van der Waals surface area contributed by atoms with E-state index in [1.54, 1.807) is 0 Å². The van der Waals surface area contributed by atoms with Gasteiger partial charge in [0.25, 0.3) is 0 Å². The first-order valence-corrected chi connectivity index (χ1v) is 6.46. The Labute approximate surface area is 127 Å². The summed E-state index contributed by atoms with van der Waals surface area (Å²) >= 11 is 0. The molecular weight excluding hydrogens is 300 g/mol. The van der Waals surface area contributed by atoms with Crippen LogP contribution in [0, 0.1) is 0 Å². The van der Waals surface area contributed by atoms with Gasteiger partial charge in [-0.25, -0.2) is 14.8 Å². The first-order valence-electron chi connectivity index (χ1n) is 6.46. The maximum Gasteiger partial charge on any atom is 0.201 e. The van der Waals surface area contributed by atoms with Crippen molar-refractivity contribution in [3.63, 3.8) is 0 Å². The third-order valence-corrected chi connectivity index (χ3v) is 3.79. The van der Waals surface area contributed by atoms with Crippen LogP contribution in [-0.2, 0) is 0 Å². The lowest BCUT2D eigenvalue weighted by Crippen LogP contribution is -2.83. The van der Waals surface area contributed by atoms with Crippen molar-refractivity contribution >= 4 is 5.96 Å². The first kappa shape index (κ1) is 19.0. The summed E-state index contributed by atoms with van der Waals surface area (Å²) in [6.45, 7) is -4.03. The lowest BCUT2D eigenvalue weighted by molar-refractivity contribution is -0.263. The lowest BCUT2D eigenvalue weighted by Gasteiger charge is -2.59. The normalized spacial score (nSPS) is 30.0. The summed E-state index contributed by atoms with van der Waals surface area (Å²) in [6, 6.07) is 0. The Morgan fingerprint density at radius 1 is 1.14 bits per heavy atom. The molecule has 1 heterocycles. The predicted octanol–water partition coefficient (Wildman–Crippen LogP) is -5.47. The number of aliphatic hydroxyl groups is 6. The number of hydrogen-bond acceptors (Lipinski definition) is 12. The summed E-state index contributed by atoms with van der Waals surface area (Å²) in [5.41, 5.74) is 5.79. The summed E-state index contributed by atoms with van der Waals surface area (Å²) in [6.07, 6.45) is 0. The summed E-state index contributed by atoms with van der Waals surface area (Å²) in [5, 5.41) is 60.0. The Morgan fingerprint density at radius 2 is 1.77 bits per heavy atom. The van der Waals surface area contributed by atoms with Gasteiger partial charge in [0.05, 0.1) is 26.7 Å². The van der Waals surface area contributed by atoms with E-state index in [-0.39, 0.29) is 5.96 Å². The molecule has 2 unspecified atom stereocenters. The third kappa shape index (κ3) is 2.64. The summed E-state index contributed by atoms with van der Waals surface area (Å²) in [5.74, 6) is -3.74. The zero-order valence-corrected chi connectivity index (χ0v) is 12.3. The van der Waals surface area contributed by atoms with E-state index < -0.39 is 51.7 Å². The summed E-state index contributed by atoms with van der Waals surface area (Å²) in [4.78, 5) is 7.25. The molecule has 12 heteroatoms. The van der Waals surface area contributed by atoms with Crippen molar-refractivity contribution in [2.75, 3.05) is 47.2 Å². The maximum absolute atomic E-state index is 9.92. The van der Waals surface area contributed by atoms with Crippen LogP contribution in [0.15, 0.2) is 4.99 Å². The third-order valence-electron chi connectivity index (χ3n) is 3.79. The van der Waals surface area contributed by atoms with Crippen LogP contribution in [0.2, 0.25) is 0 Å². The largest absolute Gasteiger partial charge is 0.391 e. The minimum atomic E-state index is -1.76. The molecule has 0 saturated heterocycles. The Morgan fingerprint density at radius 3 is 2.14 bits per heavy atom. The highest BCUT2D eigenvalue weighted by molar-refractivity contribution is 5.80. The van der Waals surface area contributed by atoms with Crippen LogP contribution in [0.4, 0.5) is 0 Å². The van der Waals surface area contributed by atoms with E-state index in [0.29, 0.717) is 0 Å². The summed E-state index contributed by atoms with van der Waals surface area (Å²) < 4.78 is 0. The molecule has 9 N–H and O–H groups in total. The minimum Gasteiger partial charge on any atom is -0.391 e. The Hall–Kier alpha value is -1.09. The second-order valence-corrected chi connectivity index (χ2v) is 4.69. The average molecular weight is 324 g/mol. The monoisotopic (exact) mass is 324 g/mol. The van der Waals surface area contributed by atoms with Gasteiger partial charge in [-0.1, -0.05) is 0 Å². The van der Waals surface area contributed by atoms with Gasteiger partial charge in [0.1, 0.15) is 13.5 Å². The molecule has 0 amide bonds. The van der Waals surface area contributed by atoms with Gasteiger partial charge in [-0.3, -0.25) is 10.2 Å². The molecule has 0 aromatic carbocycles. The Kier molecular flexibility index (Phi) is 6.42. The van der Waals surface area contributed by atoms with E-state index in [9.17, 15) is 25.5 Å². The molecule has 0 radical (unpaired) electrons. The van der Waals surface area contributed by atoms with E-state index in [1.165, 1.54) is 11.9 Å². The second-order valence-electron chi connectivity index (χ2n) is 4.69. The molecule has 1 aliphatic rings. The first-order chi connectivity index (χ1) is 10.4. The van der Waals surface area contributed by atoms with Crippen LogP contribution in [0.1, 0.15) is 0 Å². The van der Waals surface area contributed by atoms with E-state index in [2.05, 4.69) is 10.3 Å². The van der Waals surface area contributed by atoms with E-state index >= 15 is 0 Å². The number of nitrogens with one attached hydrogen (secondary N) is 1. The SMILES string of the molecule is CN(CO)C1(CO)N(CO)C(N)=NC(CO)(NCO)N1CO. The smallest absolute Gasteiger partial charge is 0.201 e. The highest BCUT2D eigenvalue weighted by Crippen LogP contribution is 2.34. The fourth-order valence-corrected chi connectivity index (χ4v) is 2.61. The number of likely N-dealkylation sites (N-methyl/N-ethyl adjacent to an activating group) is 1. The second kappa shape index (κ2) is 7.45. The van der Waals surface area contributed by atoms with Crippen molar-refractivity contribution in [2.45, 2.75) is 11.6 Å². The molecule has 1 rings (SSSR count). The van der Waals surface area contributed by atoms with E-state index in [0.717, 1.165) is 9.80 Å². The number of guanidine groups is 1. The van der Waals surface area contributed by atoms with E-state index in [4.69, 9.17) is 10.8 Å². The van der Waals surface area contributed by atoms with Gasteiger partial charge in [0.15, 0.2) is 11.7 Å². The van der Waals surface area contributed by atoms with Crippen molar-refractivity contribution in [1.29, 1.82) is 0 Å². The van der Waals surface area contributed by atoms with Crippen LogP contribution in [-0.4, -0.2) is 110 Å². The predicted molar refractivity (Wildman–Crippen MR) is 74.2 cm³/mol. The van der Waals surface area contributed by atoms with Gasteiger partial charge < -0.3 is 36.4 Å². The zero-order valence-electron chi connectivity index (χ0n) is 12.3. The lowest BCUT2D eigenvalue weighted by atomic mass is 10.1. The Balaban J connectivity index is 3.58. The van der Waals surface area contributed by atoms with Crippen molar-refractivity contribution in [1.82, 2.24) is 20.0 Å². The van der Waals surface area contributed by atoms with E-state index in [1.807, 2.05) is 0 Å². The number of rotatable bonds is 8. The fraction of sp³-hybridized carbons (Fsp3) is 0.900. The van der Waals surface area contributed by atoms with Crippen molar-refractivity contribution < 1.29 is 30.6 Å². The summed E-state index contributed by atoms with van der Waals surface area (Å²) in [7, 11) is 1.40. The van der Waals surface area contributed by atoms with Gasteiger partial charge in [-0.05, 0) is 7.05 Å².